The number of fused-ring (bicyclic) bond motifs is 1. The molecule has 4 aromatic rings. The molecule has 0 saturated heterocycles. The van der Waals surface area contributed by atoms with E-state index in [1.807, 2.05) is 18.4 Å². The number of halogens is 1. The zero-order chi connectivity index (χ0) is 25.1. The number of esters is 1. The summed E-state index contributed by atoms with van der Waals surface area (Å²) < 4.78 is 21.3. The van der Waals surface area contributed by atoms with Crippen molar-refractivity contribution in [2.24, 2.45) is 0 Å². The zero-order valence-corrected chi connectivity index (χ0v) is 19.7. The number of aromatic nitrogens is 3. The summed E-state index contributed by atoms with van der Waals surface area (Å²) in [6.07, 6.45) is 1.58. The van der Waals surface area contributed by atoms with Crippen LogP contribution in [0.15, 0.2) is 59.5 Å². The summed E-state index contributed by atoms with van der Waals surface area (Å²) in [5.41, 5.74) is 2.85. The lowest BCUT2D eigenvalue weighted by Gasteiger charge is -2.09. The SMILES string of the molecule is CCOC(=O)c1cccc(NC(=O)Cn2ncc3c(C)n(Cc4ccc(F)cc4)c(C)c3c2=O)c1. The number of carbonyl (C=O) groups excluding carboxylic acids is 2. The molecule has 4 rings (SSSR count). The highest BCUT2D eigenvalue weighted by Gasteiger charge is 2.18. The fourth-order valence-corrected chi connectivity index (χ4v) is 4.04. The highest BCUT2D eigenvalue weighted by Crippen LogP contribution is 2.23. The maximum absolute atomic E-state index is 13.3. The molecular weight excluding hydrogens is 451 g/mol. The van der Waals surface area contributed by atoms with Gasteiger partial charge in [0.05, 0.1) is 23.8 Å². The Hall–Kier alpha value is -4.27. The quantitative estimate of drug-likeness (QED) is 0.409. The average molecular weight is 477 g/mol. The molecule has 0 fully saturated rings. The Bertz CT molecular complexity index is 1470. The van der Waals surface area contributed by atoms with Gasteiger partial charge in [-0.3, -0.25) is 9.59 Å². The average Bonchev–Trinajstić information content (AvgIpc) is 3.07. The molecule has 0 aliphatic rings. The zero-order valence-electron chi connectivity index (χ0n) is 19.7. The van der Waals surface area contributed by atoms with E-state index >= 15 is 0 Å². The van der Waals surface area contributed by atoms with E-state index in [-0.39, 0.29) is 24.5 Å². The summed E-state index contributed by atoms with van der Waals surface area (Å²) in [7, 11) is 0. The van der Waals surface area contributed by atoms with E-state index in [2.05, 4.69) is 10.4 Å². The highest BCUT2D eigenvalue weighted by atomic mass is 19.1. The first-order chi connectivity index (χ1) is 16.8. The van der Waals surface area contributed by atoms with Crippen LogP contribution in [0.4, 0.5) is 10.1 Å². The van der Waals surface area contributed by atoms with E-state index in [1.54, 1.807) is 43.5 Å². The third kappa shape index (κ3) is 4.98. The minimum Gasteiger partial charge on any atom is -0.462 e. The van der Waals surface area contributed by atoms with Crippen LogP contribution in [0.1, 0.15) is 34.2 Å². The second-order valence-corrected chi connectivity index (χ2v) is 8.13. The fraction of sp³-hybridized carbons (Fsp3) is 0.231. The van der Waals surface area contributed by atoms with E-state index < -0.39 is 11.9 Å². The second-order valence-electron chi connectivity index (χ2n) is 8.13. The Morgan fingerprint density at radius 1 is 1.09 bits per heavy atom. The molecule has 8 nitrogen and oxygen atoms in total. The summed E-state index contributed by atoms with van der Waals surface area (Å²) in [5.74, 6) is -1.25. The molecule has 0 bridgehead atoms. The molecule has 0 unspecified atom stereocenters. The smallest absolute Gasteiger partial charge is 0.338 e. The first-order valence-corrected chi connectivity index (χ1v) is 11.2. The van der Waals surface area contributed by atoms with Crippen LogP contribution in [0, 0.1) is 19.7 Å². The van der Waals surface area contributed by atoms with Gasteiger partial charge in [0, 0.05) is 29.0 Å². The number of rotatable bonds is 7. The van der Waals surface area contributed by atoms with Gasteiger partial charge in [0.2, 0.25) is 5.91 Å². The Balaban J connectivity index is 1.57. The number of aryl methyl sites for hydroxylation is 2. The number of hydrogen-bond donors (Lipinski definition) is 1. The molecule has 1 N–H and O–H groups in total. The molecule has 1 amide bonds. The van der Waals surface area contributed by atoms with Crippen LogP contribution in [-0.2, 0) is 22.6 Å². The molecule has 180 valence electrons. The lowest BCUT2D eigenvalue weighted by atomic mass is 10.2. The van der Waals surface area contributed by atoms with Crippen molar-refractivity contribution in [1.82, 2.24) is 14.3 Å². The van der Waals surface area contributed by atoms with Crippen LogP contribution in [0.25, 0.3) is 10.8 Å². The predicted molar refractivity (Wildman–Crippen MR) is 130 cm³/mol. The number of anilines is 1. The van der Waals surface area contributed by atoms with Crippen molar-refractivity contribution < 1.29 is 18.7 Å². The normalized spacial score (nSPS) is 11.0. The van der Waals surface area contributed by atoms with Gasteiger partial charge < -0.3 is 14.6 Å². The van der Waals surface area contributed by atoms with Gasteiger partial charge in [-0.15, -0.1) is 0 Å². The maximum atomic E-state index is 13.3. The minimum atomic E-state index is -0.483. The second kappa shape index (κ2) is 9.92. The Kier molecular flexibility index (Phi) is 6.77. The topological polar surface area (TPSA) is 95.2 Å². The van der Waals surface area contributed by atoms with Gasteiger partial charge in [-0.05, 0) is 56.7 Å². The molecule has 0 aliphatic heterocycles. The predicted octanol–water partition coefficient (Wildman–Crippen LogP) is 3.82. The highest BCUT2D eigenvalue weighted by molar-refractivity contribution is 5.94. The molecule has 2 heterocycles. The first-order valence-electron chi connectivity index (χ1n) is 11.2. The van der Waals surface area contributed by atoms with Crippen LogP contribution in [-0.4, -0.2) is 32.8 Å². The molecular formula is C26H25FN4O4. The lowest BCUT2D eigenvalue weighted by Crippen LogP contribution is -2.29. The monoisotopic (exact) mass is 476 g/mol. The largest absolute Gasteiger partial charge is 0.462 e. The van der Waals surface area contributed by atoms with Gasteiger partial charge in [-0.25, -0.2) is 13.9 Å². The lowest BCUT2D eigenvalue weighted by molar-refractivity contribution is -0.117. The summed E-state index contributed by atoms with van der Waals surface area (Å²) >= 11 is 0. The molecule has 0 saturated carbocycles. The van der Waals surface area contributed by atoms with Gasteiger partial charge in [0.1, 0.15) is 12.4 Å². The summed E-state index contributed by atoms with van der Waals surface area (Å²) in [4.78, 5) is 37.8. The minimum absolute atomic E-state index is 0.247. The number of amides is 1. The third-order valence-corrected chi connectivity index (χ3v) is 5.81. The summed E-state index contributed by atoms with van der Waals surface area (Å²) in [6.45, 7) is 5.88. The molecule has 0 atom stereocenters. The number of benzene rings is 2. The van der Waals surface area contributed by atoms with Crippen LogP contribution >= 0.6 is 0 Å². The van der Waals surface area contributed by atoms with Crippen molar-refractivity contribution >= 4 is 28.3 Å². The van der Waals surface area contributed by atoms with Gasteiger partial charge in [-0.1, -0.05) is 18.2 Å². The van der Waals surface area contributed by atoms with E-state index in [1.165, 1.54) is 18.2 Å². The molecule has 35 heavy (non-hydrogen) atoms. The van der Waals surface area contributed by atoms with Crippen molar-refractivity contribution in [3.8, 4) is 0 Å². The van der Waals surface area contributed by atoms with E-state index in [9.17, 15) is 18.8 Å². The molecule has 0 aliphatic carbocycles. The number of hydrogen-bond acceptors (Lipinski definition) is 5. The summed E-state index contributed by atoms with van der Waals surface area (Å²) in [6, 6.07) is 12.6. The van der Waals surface area contributed by atoms with Gasteiger partial charge in [-0.2, -0.15) is 5.10 Å². The van der Waals surface area contributed by atoms with E-state index in [0.717, 1.165) is 21.6 Å². The number of carbonyl (C=O) groups is 2. The van der Waals surface area contributed by atoms with Crippen molar-refractivity contribution in [2.45, 2.75) is 33.9 Å². The maximum Gasteiger partial charge on any atom is 0.338 e. The molecule has 2 aromatic heterocycles. The summed E-state index contributed by atoms with van der Waals surface area (Å²) in [5, 5.41) is 8.07. The third-order valence-electron chi connectivity index (χ3n) is 5.81. The Morgan fingerprint density at radius 3 is 2.54 bits per heavy atom. The molecule has 2 aromatic carbocycles. The van der Waals surface area contributed by atoms with Crippen LogP contribution in [0.2, 0.25) is 0 Å². The van der Waals surface area contributed by atoms with Crippen molar-refractivity contribution in [1.29, 1.82) is 0 Å². The molecule has 0 radical (unpaired) electrons. The van der Waals surface area contributed by atoms with E-state index in [4.69, 9.17) is 4.74 Å². The standard InChI is InChI=1S/C26H25FN4O4/c1-4-35-26(34)19-6-5-7-21(12-19)29-23(32)15-31-25(33)24-17(3)30(16(2)22(24)13-28-31)14-18-8-10-20(27)11-9-18/h5-13H,4,14-15H2,1-3H3,(H,29,32). The van der Waals surface area contributed by atoms with E-state index in [0.29, 0.717) is 28.6 Å². The van der Waals surface area contributed by atoms with Crippen molar-refractivity contribution in [2.75, 3.05) is 11.9 Å². The van der Waals surface area contributed by atoms with Crippen molar-refractivity contribution in [3.05, 3.63) is 93.4 Å². The number of ether oxygens (including phenoxy) is 1. The van der Waals surface area contributed by atoms with Gasteiger partial charge in [0.15, 0.2) is 0 Å². The first kappa shape index (κ1) is 23.9. The molecule has 0 spiro atoms. The number of nitrogens with zero attached hydrogens (tertiary/aromatic N) is 3. The Labute approximate surface area is 200 Å². The van der Waals surface area contributed by atoms with Gasteiger partial charge in [0.25, 0.3) is 5.56 Å². The van der Waals surface area contributed by atoms with Crippen LogP contribution < -0.4 is 10.9 Å². The van der Waals surface area contributed by atoms with Crippen LogP contribution in [0.5, 0.6) is 0 Å². The van der Waals surface area contributed by atoms with Crippen LogP contribution in [0.3, 0.4) is 0 Å². The number of nitrogens with one attached hydrogen (secondary N) is 1. The molecule has 9 heteroatoms. The Morgan fingerprint density at radius 2 is 1.83 bits per heavy atom. The van der Waals surface area contributed by atoms with Gasteiger partial charge >= 0.3 is 5.97 Å². The van der Waals surface area contributed by atoms with Crippen molar-refractivity contribution in [3.63, 3.8) is 0 Å². The fourth-order valence-electron chi connectivity index (χ4n) is 4.04.